The lowest BCUT2D eigenvalue weighted by Gasteiger charge is -2.27. The van der Waals surface area contributed by atoms with Crippen LogP contribution in [0.5, 0.6) is 0 Å². The summed E-state index contributed by atoms with van der Waals surface area (Å²) in [6.07, 6.45) is 6.06. The fourth-order valence-electron chi connectivity index (χ4n) is 3.07. The van der Waals surface area contributed by atoms with Gasteiger partial charge in [0.1, 0.15) is 0 Å². The largest absolute Gasteiger partial charge is 0.392 e. The fourth-order valence-corrected chi connectivity index (χ4v) is 3.07. The number of hydrogen-bond acceptors (Lipinski definition) is 2. The quantitative estimate of drug-likeness (QED) is 0.697. The van der Waals surface area contributed by atoms with Gasteiger partial charge in [-0.2, -0.15) is 0 Å². The first-order chi connectivity index (χ1) is 6.20. The molecule has 0 aromatic heterocycles. The molecule has 0 aromatic carbocycles. The highest BCUT2D eigenvalue weighted by Gasteiger charge is 2.56. The predicted molar refractivity (Wildman–Crippen MR) is 53.2 cm³/mol. The van der Waals surface area contributed by atoms with Crippen molar-refractivity contribution < 1.29 is 5.11 Å². The normalized spacial score (nSPS) is 42.2. The van der Waals surface area contributed by atoms with E-state index in [1.807, 2.05) is 0 Å². The lowest BCUT2D eigenvalue weighted by Crippen LogP contribution is -2.36. The Bertz CT molecular complexity index is 185. The molecule has 2 fully saturated rings. The zero-order valence-electron chi connectivity index (χ0n) is 8.50. The molecule has 0 amide bonds. The van der Waals surface area contributed by atoms with Gasteiger partial charge in [-0.3, -0.25) is 0 Å². The second-order valence-corrected chi connectivity index (χ2v) is 5.03. The summed E-state index contributed by atoms with van der Waals surface area (Å²) in [4.78, 5) is 0. The molecule has 0 radical (unpaired) electrons. The summed E-state index contributed by atoms with van der Waals surface area (Å²) in [6, 6.07) is 0. The van der Waals surface area contributed by atoms with E-state index in [2.05, 4.69) is 6.92 Å². The number of aliphatic hydroxyl groups excluding tert-OH is 1. The maximum atomic E-state index is 10.2. The van der Waals surface area contributed by atoms with E-state index < -0.39 is 0 Å². The lowest BCUT2D eigenvalue weighted by molar-refractivity contribution is 0.0361. The van der Waals surface area contributed by atoms with E-state index in [-0.39, 0.29) is 11.5 Å². The molecular formula is C11H21NO. The van der Waals surface area contributed by atoms with Crippen LogP contribution in [0, 0.1) is 17.3 Å². The molecule has 2 aliphatic carbocycles. The van der Waals surface area contributed by atoms with Gasteiger partial charge in [-0.1, -0.05) is 19.8 Å². The van der Waals surface area contributed by atoms with Crippen LogP contribution < -0.4 is 5.73 Å². The molecular weight excluding hydrogens is 162 g/mol. The smallest absolute Gasteiger partial charge is 0.0639 e. The first kappa shape index (κ1) is 9.47. The van der Waals surface area contributed by atoms with Gasteiger partial charge in [0, 0.05) is 12.0 Å². The maximum absolute atomic E-state index is 10.2. The minimum absolute atomic E-state index is 0.106. The van der Waals surface area contributed by atoms with E-state index in [0.717, 1.165) is 6.42 Å². The summed E-state index contributed by atoms with van der Waals surface area (Å²) < 4.78 is 0. The van der Waals surface area contributed by atoms with Crippen LogP contribution in [0.2, 0.25) is 0 Å². The maximum Gasteiger partial charge on any atom is 0.0639 e. The highest BCUT2D eigenvalue weighted by Crippen LogP contribution is 2.57. The molecule has 0 aliphatic heterocycles. The van der Waals surface area contributed by atoms with E-state index in [1.54, 1.807) is 0 Å². The van der Waals surface area contributed by atoms with Crippen LogP contribution in [0.3, 0.4) is 0 Å². The van der Waals surface area contributed by atoms with Crippen LogP contribution in [0.1, 0.15) is 39.0 Å². The average Bonchev–Trinajstić information content (AvgIpc) is 2.62. The molecule has 0 spiro atoms. The zero-order chi connectivity index (χ0) is 9.47. The van der Waals surface area contributed by atoms with Crippen LogP contribution in [0.25, 0.3) is 0 Å². The molecule has 2 saturated carbocycles. The van der Waals surface area contributed by atoms with Crippen molar-refractivity contribution in [1.82, 2.24) is 0 Å². The molecule has 2 nitrogen and oxygen atoms in total. The molecule has 0 bridgehead atoms. The van der Waals surface area contributed by atoms with Gasteiger partial charge < -0.3 is 10.8 Å². The van der Waals surface area contributed by atoms with Crippen LogP contribution in [-0.4, -0.2) is 17.8 Å². The monoisotopic (exact) mass is 183 g/mol. The molecule has 0 unspecified atom stereocenters. The third-order valence-corrected chi connectivity index (χ3v) is 4.32. The molecule has 0 saturated heterocycles. The standard InChI is InChI=1S/C11H21NO/c1-8-6-11(8,7-12)10(13)9-4-2-3-5-9/h8-10,13H,2-7,12H2,1H3/t8-,10-,11-/m1/s1. The molecule has 2 heteroatoms. The van der Waals surface area contributed by atoms with Crippen molar-refractivity contribution in [1.29, 1.82) is 0 Å². The Labute approximate surface area is 80.5 Å². The van der Waals surface area contributed by atoms with Gasteiger partial charge in [0.2, 0.25) is 0 Å². The molecule has 13 heavy (non-hydrogen) atoms. The number of rotatable bonds is 3. The van der Waals surface area contributed by atoms with Gasteiger partial charge in [-0.05, 0) is 31.1 Å². The van der Waals surface area contributed by atoms with Crippen molar-refractivity contribution in [3.63, 3.8) is 0 Å². The van der Waals surface area contributed by atoms with Gasteiger partial charge >= 0.3 is 0 Å². The molecule has 76 valence electrons. The highest BCUT2D eigenvalue weighted by atomic mass is 16.3. The molecule has 2 aliphatic rings. The number of nitrogens with two attached hydrogens (primary N) is 1. The van der Waals surface area contributed by atoms with Crippen LogP contribution in [-0.2, 0) is 0 Å². The van der Waals surface area contributed by atoms with E-state index in [1.165, 1.54) is 25.7 Å². The first-order valence-corrected chi connectivity index (χ1v) is 5.59. The number of hydrogen-bond donors (Lipinski definition) is 2. The summed E-state index contributed by atoms with van der Waals surface area (Å²) in [5.41, 5.74) is 5.87. The van der Waals surface area contributed by atoms with Crippen molar-refractivity contribution in [2.75, 3.05) is 6.54 Å². The second-order valence-electron chi connectivity index (χ2n) is 5.03. The van der Waals surface area contributed by atoms with Crippen LogP contribution in [0.15, 0.2) is 0 Å². The number of aliphatic hydroxyl groups is 1. The molecule has 0 heterocycles. The Morgan fingerprint density at radius 2 is 2.00 bits per heavy atom. The van der Waals surface area contributed by atoms with Gasteiger partial charge in [-0.15, -0.1) is 0 Å². The third-order valence-electron chi connectivity index (χ3n) is 4.32. The first-order valence-electron chi connectivity index (χ1n) is 5.59. The van der Waals surface area contributed by atoms with Crippen molar-refractivity contribution in [3.8, 4) is 0 Å². The zero-order valence-corrected chi connectivity index (χ0v) is 8.50. The second kappa shape index (κ2) is 3.25. The van der Waals surface area contributed by atoms with Crippen molar-refractivity contribution >= 4 is 0 Å². The fraction of sp³-hybridized carbons (Fsp3) is 1.00. The summed E-state index contributed by atoms with van der Waals surface area (Å²) in [5, 5.41) is 10.2. The van der Waals surface area contributed by atoms with Gasteiger partial charge in [0.25, 0.3) is 0 Å². The van der Waals surface area contributed by atoms with Gasteiger partial charge in [0.05, 0.1) is 6.10 Å². The highest BCUT2D eigenvalue weighted by molar-refractivity contribution is 5.07. The van der Waals surface area contributed by atoms with Gasteiger partial charge in [-0.25, -0.2) is 0 Å². The van der Waals surface area contributed by atoms with E-state index >= 15 is 0 Å². The Morgan fingerprint density at radius 1 is 1.46 bits per heavy atom. The average molecular weight is 183 g/mol. The Balaban J connectivity index is 1.99. The topological polar surface area (TPSA) is 46.2 Å². The predicted octanol–water partition coefficient (Wildman–Crippen LogP) is 1.52. The SMILES string of the molecule is C[C@@H]1C[C@]1(CN)[C@H](O)C1CCCC1. The summed E-state index contributed by atoms with van der Waals surface area (Å²) >= 11 is 0. The Kier molecular flexibility index (Phi) is 2.37. The van der Waals surface area contributed by atoms with Crippen molar-refractivity contribution in [2.24, 2.45) is 23.0 Å². The third kappa shape index (κ3) is 1.40. The molecule has 0 aromatic rings. The molecule has 3 atom stereocenters. The summed E-state index contributed by atoms with van der Waals surface area (Å²) in [5.74, 6) is 1.20. The molecule has 3 N–H and O–H groups in total. The Morgan fingerprint density at radius 3 is 2.38 bits per heavy atom. The van der Waals surface area contributed by atoms with Crippen molar-refractivity contribution in [2.45, 2.75) is 45.1 Å². The minimum atomic E-state index is -0.116. The minimum Gasteiger partial charge on any atom is -0.392 e. The van der Waals surface area contributed by atoms with E-state index in [0.29, 0.717) is 18.4 Å². The van der Waals surface area contributed by atoms with E-state index in [4.69, 9.17) is 5.73 Å². The van der Waals surface area contributed by atoms with Crippen LogP contribution >= 0.6 is 0 Å². The van der Waals surface area contributed by atoms with Gasteiger partial charge in [0.15, 0.2) is 0 Å². The summed E-state index contributed by atoms with van der Waals surface area (Å²) in [7, 11) is 0. The summed E-state index contributed by atoms with van der Waals surface area (Å²) in [6.45, 7) is 2.89. The molecule has 2 rings (SSSR count). The lowest BCUT2D eigenvalue weighted by atomic mass is 9.85. The van der Waals surface area contributed by atoms with Crippen LogP contribution in [0.4, 0.5) is 0 Å². The van der Waals surface area contributed by atoms with E-state index in [9.17, 15) is 5.11 Å². The van der Waals surface area contributed by atoms with Crippen molar-refractivity contribution in [3.05, 3.63) is 0 Å². The Hall–Kier alpha value is -0.0800.